The molecule has 0 aromatic rings. The van der Waals surface area contributed by atoms with E-state index in [1.807, 2.05) is 23.0 Å². The lowest BCUT2D eigenvalue weighted by molar-refractivity contribution is 0.244. The molecule has 1 aliphatic rings. The fourth-order valence-electron chi connectivity index (χ4n) is 1.44. The van der Waals surface area contributed by atoms with Gasteiger partial charge >= 0.3 is 0 Å². The van der Waals surface area contributed by atoms with E-state index in [0.29, 0.717) is 6.04 Å². The molecule has 0 spiro atoms. The van der Waals surface area contributed by atoms with Crippen LogP contribution >= 0.6 is 23.0 Å². The van der Waals surface area contributed by atoms with Gasteiger partial charge in [0.1, 0.15) is 23.0 Å². The van der Waals surface area contributed by atoms with Crippen molar-refractivity contribution in [3.05, 3.63) is 0 Å². The first kappa shape index (κ1) is 8.74. The van der Waals surface area contributed by atoms with Crippen molar-refractivity contribution in [1.29, 1.82) is 0 Å². The average Bonchev–Trinajstić information content (AvgIpc) is 1.95. The minimum atomic E-state index is 0.463. The van der Waals surface area contributed by atoms with Crippen LogP contribution < -0.4 is 5.73 Å². The Morgan fingerprint density at radius 3 is 2.40 bits per heavy atom. The van der Waals surface area contributed by atoms with Crippen molar-refractivity contribution in [2.24, 2.45) is 11.7 Å². The zero-order valence-corrected chi connectivity index (χ0v) is 8.21. The lowest BCUT2D eigenvalue weighted by atomic mass is 9.87. The number of hydrogen-bond donors (Lipinski definition) is 1. The van der Waals surface area contributed by atoms with Crippen LogP contribution in [0.1, 0.15) is 25.7 Å². The van der Waals surface area contributed by atoms with Crippen LogP contribution in [0.3, 0.4) is 0 Å². The summed E-state index contributed by atoms with van der Waals surface area (Å²) in [6.07, 6.45) is 4.88. The Labute approximate surface area is 76.2 Å². The third-order valence-corrected chi connectivity index (χ3v) is 2.55. The monoisotopic (exact) mass is 255 g/mol. The van der Waals surface area contributed by atoms with Crippen molar-refractivity contribution >= 4 is 23.0 Å². The minimum absolute atomic E-state index is 0.463. The van der Waals surface area contributed by atoms with E-state index in [1.54, 1.807) is 0 Å². The van der Waals surface area contributed by atoms with Gasteiger partial charge in [0.15, 0.2) is 0 Å². The molecule has 0 aromatic heterocycles. The summed E-state index contributed by atoms with van der Waals surface area (Å²) in [5.74, 6) is 0.775. The van der Waals surface area contributed by atoms with Crippen molar-refractivity contribution in [3.63, 3.8) is 0 Å². The molecule has 1 saturated carbocycles. The Hall–Kier alpha value is 0.650. The fourth-order valence-corrected chi connectivity index (χ4v) is 1.95. The molecule has 3 heteroatoms. The van der Waals surface area contributed by atoms with E-state index in [2.05, 4.69) is 0 Å². The van der Waals surface area contributed by atoms with Gasteiger partial charge in [0.05, 0.1) is 6.61 Å². The molecule has 10 heavy (non-hydrogen) atoms. The highest BCUT2D eigenvalue weighted by Crippen LogP contribution is 2.23. The second kappa shape index (κ2) is 4.51. The van der Waals surface area contributed by atoms with Gasteiger partial charge in [0, 0.05) is 6.04 Å². The van der Waals surface area contributed by atoms with Crippen LogP contribution in [0.2, 0.25) is 0 Å². The molecule has 0 unspecified atom stereocenters. The lowest BCUT2D eigenvalue weighted by Gasteiger charge is -2.24. The molecule has 0 heterocycles. The molecule has 0 atom stereocenters. The maximum atomic E-state index is 5.75. The first-order valence-corrected chi connectivity index (χ1v) is 4.70. The second-order valence-electron chi connectivity index (χ2n) is 3.06. The quantitative estimate of drug-likeness (QED) is 0.764. The Bertz CT molecular complexity index is 91.6. The van der Waals surface area contributed by atoms with E-state index in [-0.39, 0.29) is 0 Å². The van der Waals surface area contributed by atoms with Crippen LogP contribution in [0, 0.1) is 5.92 Å². The van der Waals surface area contributed by atoms with E-state index in [0.717, 1.165) is 12.5 Å². The number of nitrogens with two attached hydrogens (primary N) is 1. The zero-order chi connectivity index (χ0) is 7.40. The van der Waals surface area contributed by atoms with Gasteiger partial charge in [0.2, 0.25) is 0 Å². The number of hydrogen-bond acceptors (Lipinski definition) is 2. The first-order valence-electron chi connectivity index (χ1n) is 3.82. The van der Waals surface area contributed by atoms with Gasteiger partial charge in [-0.1, -0.05) is 0 Å². The molecule has 1 rings (SSSR count). The van der Waals surface area contributed by atoms with Crippen LogP contribution in [0.4, 0.5) is 0 Å². The molecule has 1 aliphatic carbocycles. The summed E-state index contributed by atoms with van der Waals surface area (Å²) in [6.45, 7) is 0.910. The summed E-state index contributed by atoms with van der Waals surface area (Å²) >= 11 is 1.96. The molecule has 0 amide bonds. The van der Waals surface area contributed by atoms with Gasteiger partial charge in [0.25, 0.3) is 0 Å². The standard InChI is InChI=1S/C7H14INO/c8-10-5-6-1-3-7(9)4-2-6/h6-7H,1-5,9H2. The third-order valence-electron chi connectivity index (χ3n) is 2.19. The summed E-state index contributed by atoms with van der Waals surface area (Å²) in [5.41, 5.74) is 5.75. The van der Waals surface area contributed by atoms with E-state index < -0.39 is 0 Å². The van der Waals surface area contributed by atoms with Crippen molar-refractivity contribution in [2.45, 2.75) is 31.7 Å². The predicted octanol–water partition coefficient (Wildman–Crippen LogP) is 1.87. The smallest absolute Gasteiger partial charge is 0.109 e. The van der Waals surface area contributed by atoms with Crippen LogP contribution in [0.15, 0.2) is 0 Å². The molecule has 2 nitrogen and oxygen atoms in total. The van der Waals surface area contributed by atoms with E-state index in [9.17, 15) is 0 Å². The second-order valence-corrected chi connectivity index (χ2v) is 3.68. The van der Waals surface area contributed by atoms with Crippen molar-refractivity contribution < 1.29 is 3.07 Å². The van der Waals surface area contributed by atoms with Gasteiger partial charge in [-0.05, 0) is 31.6 Å². The van der Waals surface area contributed by atoms with Crippen LogP contribution in [-0.2, 0) is 3.07 Å². The molecule has 0 bridgehead atoms. The zero-order valence-electron chi connectivity index (χ0n) is 6.05. The summed E-state index contributed by atoms with van der Waals surface area (Å²) in [4.78, 5) is 0. The maximum Gasteiger partial charge on any atom is 0.109 e. The largest absolute Gasteiger partial charge is 0.328 e. The highest BCUT2D eigenvalue weighted by atomic mass is 127. The maximum absolute atomic E-state index is 5.75. The Morgan fingerprint density at radius 2 is 1.90 bits per heavy atom. The van der Waals surface area contributed by atoms with E-state index >= 15 is 0 Å². The summed E-state index contributed by atoms with van der Waals surface area (Å²) < 4.78 is 5.05. The summed E-state index contributed by atoms with van der Waals surface area (Å²) in [7, 11) is 0. The highest BCUT2D eigenvalue weighted by molar-refractivity contribution is 14.1. The van der Waals surface area contributed by atoms with Gasteiger partial charge < -0.3 is 8.80 Å². The molecule has 0 saturated heterocycles. The van der Waals surface area contributed by atoms with Crippen LogP contribution in [0.25, 0.3) is 0 Å². The first-order chi connectivity index (χ1) is 4.83. The molecule has 0 radical (unpaired) electrons. The Morgan fingerprint density at radius 1 is 1.30 bits per heavy atom. The molecule has 60 valence electrons. The lowest BCUT2D eigenvalue weighted by Crippen LogP contribution is -2.27. The molecule has 0 aromatic carbocycles. The van der Waals surface area contributed by atoms with Gasteiger partial charge in [-0.3, -0.25) is 0 Å². The minimum Gasteiger partial charge on any atom is -0.328 e. The number of rotatable bonds is 2. The topological polar surface area (TPSA) is 35.2 Å². The van der Waals surface area contributed by atoms with Crippen molar-refractivity contribution in [2.75, 3.05) is 6.61 Å². The molecular formula is C7H14INO. The van der Waals surface area contributed by atoms with E-state index in [1.165, 1.54) is 25.7 Å². The summed E-state index contributed by atoms with van der Waals surface area (Å²) in [6, 6.07) is 0.463. The average molecular weight is 255 g/mol. The third kappa shape index (κ3) is 2.72. The highest BCUT2D eigenvalue weighted by Gasteiger charge is 2.17. The molecule has 2 N–H and O–H groups in total. The Kier molecular flexibility index (Phi) is 3.95. The van der Waals surface area contributed by atoms with Gasteiger partial charge in [-0.2, -0.15) is 0 Å². The van der Waals surface area contributed by atoms with E-state index in [4.69, 9.17) is 8.80 Å². The molecule has 0 aliphatic heterocycles. The van der Waals surface area contributed by atoms with Gasteiger partial charge in [-0.15, -0.1) is 0 Å². The Balaban J connectivity index is 2.13. The molecule has 1 fully saturated rings. The van der Waals surface area contributed by atoms with Gasteiger partial charge in [-0.25, -0.2) is 0 Å². The normalized spacial score (nSPS) is 34.2. The predicted molar refractivity (Wildman–Crippen MR) is 49.9 cm³/mol. The van der Waals surface area contributed by atoms with Crippen LogP contribution in [0.5, 0.6) is 0 Å². The fraction of sp³-hybridized carbons (Fsp3) is 1.00. The number of halogens is 1. The SMILES string of the molecule is NC1CCC(COI)CC1. The van der Waals surface area contributed by atoms with Crippen LogP contribution in [-0.4, -0.2) is 12.6 Å². The van der Waals surface area contributed by atoms with Crippen molar-refractivity contribution in [1.82, 2.24) is 0 Å². The van der Waals surface area contributed by atoms with Crippen molar-refractivity contribution in [3.8, 4) is 0 Å². The molecular weight excluding hydrogens is 241 g/mol. The summed E-state index contributed by atoms with van der Waals surface area (Å²) in [5, 5.41) is 0.